The van der Waals surface area contributed by atoms with E-state index in [9.17, 15) is 18.0 Å². The Kier molecular flexibility index (Phi) is 8.28. The Morgan fingerprint density at radius 1 is 1.05 bits per heavy atom. The fourth-order valence-electron chi connectivity index (χ4n) is 6.64. The summed E-state index contributed by atoms with van der Waals surface area (Å²) in [5.74, 6) is -0.762. The van der Waals surface area contributed by atoms with Crippen molar-refractivity contribution in [2.75, 3.05) is 26.2 Å². The predicted molar refractivity (Wildman–Crippen MR) is 167 cm³/mol. The van der Waals surface area contributed by atoms with Crippen molar-refractivity contribution in [3.63, 3.8) is 0 Å². The van der Waals surface area contributed by atoms with Crippen LogP contribution in [0.2, 0.25) is 10.0 Å². The molecule has 226 valence electrons. The maximum Gasteiger partial charge on any atom is 0.274 e. The van der Waals surface area contributed by atoms with Crippen LogP contribution in [0, 0.1) is 13.8 Å². The van der Waals surface area contributed by atoms with Crippen LogP contribution in [0.1, 0.15) is 58.6 Å². The minimum absolute atomic E-state index is 0.0265. The third kappa shape index (κ3) is 5.80. The first-order chi connectivity index (χ1) is 20.5. The van der Waals surface area contributed by atoms with E-state index in [0.717, 1.165) is 56.0 Å². The van der Waals surface area contributed by atoms with Gasteiger partial charge in [-0.3, -0.25) is 9.59 Å². The number of carbonyl (C=O) groups excluding carboxylic acids is 2. The monoisotopic (exact) mass is 640 g/mol. The average molecular weight is 642 g/mol. The number of rotatable bonds is 8. The number of aryl methyl sites for hydroxylation is 1. The number of likely N-dealkylation sites (tertiary alicyclic amines) is 2. The van der Waals surface area contributed by atoms with Crippen molar-refractivity contribution in [2.24, 2.45) is 4.99 Å². The topological polar surface area (TPSA) is 103 Å². The van der Waals surface area contributed by atoms with E-state index in [1.54, 1.807) is 24.3 Å². The van der Waals surface area contributed by atoms with Gasteiger partial charge < -0.3 is 14.8 Å². The van der Waals surface area contributed by atoms with E-state index < -0.39 is 15.7 Å². The molecular weight excluding hydrogens is 607 g/mol. The number of halogens is 2. The SMILES string of the molecule is Cc1[nH]c(CC2=c3cc(S(=O)(=O)Cc4c(Cl)cccc4Cl)ccc3=NC2=O)c(C)c1C(=O)N1CCC[C@H]1CN1CCCC1. The zero-order valence-corrected chi connectivity index (χ0v) is 26.6. The van der Waals surface area contributed by atoms with Crippen LogP contribution in [0.3, 0.4) is 0 Å². The van der Waals surface area contributed by atoms with Crippen LogP contribution in [0.15, 0.2) is 46.3 Å². The number of hydrogen-bond acceptors (Lipinski definition) is 5. The molecule has 0 unspecified atom stereocenters. The molecule has 0 spiro atoms. The highest BCUT2D eigenvalue weighted by Gasteiger charge is 2.34. The smallest absolute Gasteiger partial charge is 0.274 e. The first kappa shape index (κ1) is 30.1. The molecule has 1 atom stereocenters. The molecule has 0 saturated carbocycles. The highest BCUT2D eigenvalue weighted by atomic mass is 35.5. The van der Waals surface area contributed by atoms with Crippen LogP contribution >= 0.6 is 23.2 Å². The lowest BCUT2D eigenvalue weighted by molar-refractivity contribution is -0.112. The van der Waals surface area contributed by atoms with E-state index in [2.05, 4.69) is 14.9 Å². The van der Waals surface area contributed by atoms with Crippen molar-refractivity contribution in [2.45, 2.75) is 62.6 Å². The fourth-order valence-corrected chi connectivity index (χ4v) is 8.76. The fraction of sp³-hybridized carbons (Fsp3) is 0.406. The zero-order chi connectivity index (χ0) is 30.5. The molecule has 11 heteroatoms. The zero-order valence-electron chi connectivity index (χ0n) is 24.3. The first-order valence-corrected chi connectivity index (χ1v) is 17.1. The summed E-state index contributed by atoms with van der Waals surface area (Å²) >= 11 is 12.5. The molecule has 2 aromatic carbocycles. The highest BCUT2D eigenvalue weighted by molar-refractivity contribution is 7.90. The number of nitrogens with one attached hydrogen (secondary N) is 1. The summed E-state index contributed by atoms with van der Waals surface area (Å²) in [5.41, 5.74) is 3.68. The van der Waals surface area contributed by atoms with Gasteiger partial charge in [-0.1, -0.05) is 29.3 Å². The third-order valence-corrected chi connectivity index (χ3v) is 11.3. The molecule has 2 fully saturated rings. The second-order valence-electron chi connectivity index (χ2n) is 11.7. The number of sulfone groups is 1. The van der Waals surface area contributed by atoms with E-state index in [0.29, 0.717) is 27.3 Å². The van der Waals surface area contributed by atoms with E-state index in [-0.39, 0.29) is 39.1 Å². The van der Waals surface area contributed by atoms with Crippen molar-refractivity contribution in [1.82, 2.24) is 14.8 Å². The van der Waals surface area contributed by atoms with E-state index in [1.807, 2.05) is 18.7 Å². The molecule has 8 nitrogen and oxygen atoms in total. The molecule has 3 aromatic rings. The molecule has 2 amide bonds. The Bertz CT molecular complexity index is 1840. The lowest BCUT2D eigenvalue weighted by Gasteiger charge is -2.28. The second kappa shape index (κ2) is 11.8. The third-order valence-electron chi connectivity index (χ3n) is 8.94. The van der Waals surface area contributed by atoms with Gasteiger partial charge in [0, 0.05) is 63.3 Å². The molecule has 3 aliphatic heterocycles. The lowest BCUT2D eigenvalue weighted by Crippen LogP contribution is -2.42. The summed E-state index contributed by atoms with van der Waals surface area (Å²) in [6, 6.07) is 9.57. The summed E-state index contributed by atoms with van der Waals surface area (Å²) in [6.45, 7) is 7.65. The van der Waals surface area contributed by atoms with Crippen LogP contribution in [0.4, 0.5) is 0 Å². The van der Waals surface area contributed by atoms with Gasteiger partial charge in [-0.05, 0) is 88.5 Å². The molecule has 2 saturated heterocycles. The number of fused-ring (bicyclic) bond motifs is 1. The van der Waals surface area contributed by atoms with Gasteiger partial charge in [0.25, 0.3) is 11.8 Å². The highest BCUT2D eigenvalue weighted by Crippen LogP contribution is 2.30. The molecule has 43 heavy (non-hydrogen) atoms. The Morgan fingerprint density at radius 3 is 2.49 bits per heavy atom. The normalized spacial score (nSPS) is 18.9. The van der Waals surface area contributed by atoms with Crippen LogP contribution in [0.25, 0.3) is 5.57 Å². The summed E-state index contributed by atoms with van der Waals surface area (Å²) in [4.78, 5) is 39.0. The molecule has 4 heterocycles. The van der Waals surface area contributed by atoms with Crippen LogP contribution < -0.4 is 10.6 Å². The maximum atomic E-state index is 13.8. The second-order valence-corrected chi connectivity index (χ2v) is 14.5. The Morgan fingerprint density at radius 2 is 1.77 bits per heavy atom. The maximum absolute atomic E-state index is 13.8. The average Bonchev–Trinajstić information content (AvgIpc) is 3.75. The summed E-state index contributed by atoms with van der Waals surface area (Å²) < 4.78 is 26.8. The molecule has 6 rings (SSSR count). The van der Waals surface area contributed by atoms with Crippen molar-refractivity contribution in [1.29, 1.82) is 0 Å². The number of benzene rings is 2. The van der Waals surface area contributed by atoms with Crippen molar-refractivity contribution >= 4 is 50.4 Å². The van der Waals surface area contributed by atoms with Crippen molar-refractivity contribution in [3.05, 3.63) is 85.1 Å². The van der Waals surface area contributed by atoms with Gasteiger partial charge in [0.1, 0.15) is 0 Å². The molecule has 1 aromatic heterocycles. The van der Waals surface area contributed by atoms with Crippen LogP contribution in [-0.2, 0) is 26.8 Å². The number of carbonyl (C=O) groups is 2. The molecule has 0 aliphatic carbocycles. The van der Waals surface area contributed by atoms with Gasteiger partial charge in [0.05, 0.1) is 21.6 Å². The van der Waals surface area contributed by atoms with E-state index >= 15 is 0 Å². The van der Waals surface area contributed by atoms with Gasteiger partial charge in [-0.25, -0.2) is 13.4 Å². The van der Waals surface area contributed by atoms with Gasteiger partial charge in [0.2, 0.25) is 0 Å². The van der Waals surface area contributed by atoms with E-state index in [4.69, 9.17) is 23.2 Å². The molecule has 3 aliphatic rings. The van der Waals surface area contributed by atoms with Crippen molar-refractivity contribution < 1.29 is 18.0 Å². The number of aromatic nitrogens is 1. The minimum Gasteiger partial charge on any atom is -0.361 e. The summed E-state index contributed by atoms with van der Waals surface area (Å²) in [7, 11) is -3.84. The standard InChI is InChI=1S/C32H34Cl2N4O4S/c1-19-29(35-20(2)30(19)32(40)38-14-6-7-21(38)17-37-12-3-4-13-37)16-24-23-15-22(10-11-28(23)36-31(24)39)43(41,42)18-25-26(33)8-5-9-27(25)34/h5,8-11,15,21,35H,3-4,6-7,12-14,16-18H2,1-2H3/t21-/m0/s1. The number of hydrogen-bond donors (Lipinski definition) is 1. The van der Waals surface area contributed by atoms with Gasteiger partial charge in [-0.2, -0.15) is 0 Å². The van der Waals surface area contributed by atoms with Crippen molar-refractivity contribution in [3.8, 4) is 0 Å². The summed E-state index contributed by atoms with van der Waals surface area (Å²) in [5, 5.41) is 1.44. The predicted octanol–water partition coefficient (Wildman–Crippen LogP) is 4.17. The number of nitrogens with zero attached hydrogens (tertiary/aromatic N) is 3. The van der Waals surface area contributed by atoms with Crippen LogP contribution in [-0.4, -0.2) is 67.2 Å². The molecular formula is C32H34Cl2N4O4S. The van der Waals surface area contributed by atoms with Gasteiger partial charge in [-0.15, -0.1) is 0 Å². The number of H-pyrrole nitrogens is 1. The quantitative estimate of drug-likeness (QED) is 0.398. The summed E-state index contributed by atoms with van der Waals surface area (Å²) in [6.07, 6.45) is 4.65. The number of amides is 2. The Balaban J connectivity index is 1.29. The number of aromatic amines is 1. The van der Waals surface area contributed by atoms with Gasteiger partial charge in [0.15, 0.2) is 9.84 Å². The van der Waals surface area contributed by atoms with Gasteiger partial charge >= 0.3 is 0 Å². The molecule has 1 N–H and O–H groups in total. The molecule has 0 radical (unpaired) electrons. The Labute approximate surface area is 261 Å². The largest absolute Gasteiger partial charge is 0.361 e. The lowest BCUT2D eigenvalue weighted by atomic mass is 10.0. The minimum atomic E-state index is -3.84. The van der Waals surface area contributed by atoms with Crippen LogP contribution in [0.5, 0.6) is 0 Å². The Hall–Kier alpha value is -2.98. The molecule has 0 bridgehead atoms. The first-order valence-electron chi connectivity index (χ1n) is 14.7. The van der Waals surface area contributed by atoms with E-state index in [1.165, 1.54) is 25.0 Å².